The maximum Gasteiger partial charge on any atom is 0.246 e. The normalized spacial score (nSPS) is 18.2. The number of amides is 2. The molecule has 1 N–H and O–H groups in total. The molecule has 4 rings (SSSR count). The van der Waals surface area contributed by atoms with Crippen LogP contribution < -0.4 is 5.32 Å². The molecule has 0 aromatic heterocycles. The summed E-state index contributed by atoms with van der Waals surface area (Å²) in [5.41, 5.74) is 1.96. The van der Waals surface area contributed by atoms with E-state index in [1.807, 2.05) is 74.5 Å². The van der Waals surface area contributed by atoms with Gasteiger partial charge in [0.1, 0.15) is 11.4 Å². The van der Waals surface area contributed by atoms with Crippen molar-refractivity contribution in [3.8, 4) is 0 Å². The minimum absolute atomic E-state index is 0.0665. The van der Waals surface area contributed by atoms with Gasteiger partial charge in [-0.2, -0.15) is 0 Å². The van der Waals surface area contributed by atoms with Gasteiger partial charge in [-0.15, -0.1) is 0 Å². The maximum atomic E-state index is 13.7. The van der Waals surface area contributed by atoms with Gasteiger partial charge in [0.05, 0.1) is 18.5 Å². The molecule has 1 heterocycles. The summed E-state index contributed by atoms with van der Waals surface area (Å²) in [6.45, 7) is 3.74. The molecule has 33 heavy (non-hydrogen) atoms. The van der Waals surface area contributed by atoms with Crippen molar-refractivity contribution < 1.29 is 14.0 Å². The second-order valence-electron chi connectivity index (χ2n) is 8.79. The molecule has 3 aromatic rings. The van der Waals surface area contributed by atoms with E-state index < -0.39 is 5.54 Å². The van der Waals surface area contributed by atoms with Crippen molar-refractivity contribution in [2.45, 2.75) is 50.7 Å². The van der Waals surface area contributed by atoms with E-state index in [1.165, 1.54) is 12.1 Å². The van der Waals surface area contributed by atoms with Crippen molar-refractivity contribution in [3.63, 3.8) is 0 Å². The van der Waals surface area contributed by atoms with E-state index in [1.54, 1.807) is 17.0 Å². The Kier molecular flexibility index (Phi) is 6.59. The number of β-lactam (4-membered cyclic amide) rings is 1. The summed E-state index contributed by atoms with van der Waals surface area (Å²) in [5, 5.41) is 3.23. The number of likely N-dealkylation sites (tertiary alicyclic amines) is 1. The topological polar surface area (TPSA) is 49.4 Å². The first-order chi connectivity index (χ1) is 15.9. The third kappa shape index (κ3) is 4.68. The van der Waals surface area contributed by atoms with Gasteiger partial charge in [0, 0.05) is 0 Å². The second kappa shape index (κ2) is 9.57. The highest BCUT2D eigenvalue weighted by molar-refractivity contribution is 5.94. The molecule has 1 fully saturated rings. The number of rotatable bonds is 8. The monoisotopic (exact) mass is 444 g/mol. The number of halogens is 1. The zero-order valence-corrected chi connectivity index (χ0v) is 19.0. The number of hydrogen-bond acceptors (Lipinski definition) is 2. The lowest BCUT2D eigenvalue weighted by Crippen LogP contribution is -2.65. The van der Waals surface area contributed by atoms with Gasteiger partial charge in [0.25, 0.3) is 0 Å². The first kappa shape index (κ1) is 22.7. The zero-order valence-electron chi connectivity index (χ0n) is 19.0. The molecule has 1 aliphatic heterocycles. The van der Waals surface area contributed by atoms with Crippen molar-refractivity contribution >= 4 is 11.8 Å². The van der Waals surface area contributed by atoms with Crippen LogP contribution in [0.2, 0.25) is 0 Å². The van der Waals surface area contributed by atoms with Crippen LogP contribution >= 0.6 is 0 Å². The van der Waals surface area contributed by atoms with Crippen LogP contribution in [0, 0.1) is 5.82 Å². The molecule has 0 radical (unpaired) electrons. The Balaban J connectivity index is 1.60. The highest BCUT2D eigenvalue weighted by atomic mass is 19.1. The predicted octanol–water partition coefficient (Wildman–Crippen LogP) is 5.37. The van der Waals surface area contributed by atoms with Gasteiger partial charge in [0.15, 0.2) is 0 Å². The fourth-order valence-corrected chi connectivity index (χ4v) is 4.53. The maximum absolute atomic E-state index is 13.7. The molecule has 3 atom stereocenters. The van der Waals surface area contributed by atoms with Gasteiger partial charge >= 0.3 is 0 Å². The van der Waals surface area contributed by atoms with Gasteiger partial charge in [-0.1, -0.05) is 79.7 Å². The van der Waals surface area contributed by atoms with Gasteiger partial charge in [-0.05, 0) is 48.6 Å². The standard InChI is InChI=1S/C28H29FN2O2/c1-3-28(2,31-25(19-26(31)32)22-14-16-23(29)17-15-22)27(33)30-24(21-12-8-5-9-13-21)18-20-10-6-4-7-11-20/h4-17,24-25H,3,18-19H2,1-2H3,(H,30,33). The Morgan fingerprint density at radius 2 is 1.64 bits per heavy atom. The summed E-state index contributed by atoms with van der Waals surface area (Å²) in [5.74, 6) is -0.573. The lowest BCUT2D eigenvalue weighted by atomic mass is 9.83. The van der Waals surface area contributed by atoms with Crippen molar-refractivity contribution in [1.29, 1.82) is 0 Å². The van der Waals surface area contributed by atoms with Crippen LogP contribution in [0.1, 0.15) is 55.5 Å². The van der Waals surface area contributed by atoms with Crippen LogP contribution in [0.4, 0.5) is 4.39 Å². The van der Waals surface area contributed by atoms with Crippen molar-refractivity contribution in [2.24, 2.45) is 0 Å². The molecule has 0 aliphatic carbocycles. The van der Waals surface area contributed by atoms with Crippen LogP contribution in [-0.2, 0) is 16.0 Å². The van der Waals surface area contributed by atoms with Crippen LogP contribution in [-0.4, -0.2) is 22.3 Å². The lowest BCUT2D eigenvalue weighted by molar-refractivity contribution is -0.164. The largest absolute Gasteiger partial charge is 0.347 e. The molecule has 5 heteroatoms. The summed E-state index contributed by atoms with van der Waals surface area (Å²) < 4.78 is 13.4. The van der Waals surface area contributed by atoms with Gasteiger partial charge in [-0.3, -0.25) is 9.59 Å². The Morgan fingerprint density at radius 1 is 1.03 bits per heavy atom. The molecule has 3 unspecified atom stereocenters. The third-order valence-corrected chi connectivity index (χ3v) is 6.70. The Hall–Kier alpha value is -3.47. The number of carbonyl (C=O) groups excluding carboxylic acids is 2. The molecule has 170 valence electrons. The summed E-state index contributed by atoms with van der Waals surface area (Å²) in [6.07, 6.45) is 1.43. The summed E-state index contributed by atoms with van der Waals surface area (Å²) in [6, 6.07) is 25.6. The minimum Gasteiger partial charge on any atom is -0.347 e. The molecule has 1 saturated heterocycles. The van der Waals surface area contributed by atoms with Crippen molar-refractivity contribution in [3.05, 3.63) is 107 Å². The van der Waals surface area contributed by atoms with Crippen LogP contribution in [0.5, 0.6) is 0 Å². The highest BCUT2D eigenvalue weighted by Gasteiger charge is 2.51. The third-order valence-electron chi connectivity index (χ3n) is 6.70. The SMILES string of the molecule is CCC(C)(C(=O)NC(Cc1ccccc1)c1ccccc1)N1C(=O)CC1c1ccc(F)cc1. The fraction of sp³-hybridized carbons (Fsp3) is 0.286. The molecule has 0 saturated carbocycles. The molecular formula is C28H29FN2O2. The van der Waals surface area contributed by atoms with Crippen LogP contribution in [0.3, 0.4) is 0 Å². The quantitative estimate of drug-likeness (QED) is 0.475. The molecule has 0 bridgehead atoms. The summed E-state index contributed by atoms with van der Waals surface area (Å²) in [7, 11) is 0. The molecule has 1 aliphatic rings. The first-order valence-corrected chi connectivity index (χ1v) is 11.4. The number of benzene rings is 3. The van der Waals surface area contributed by atoms with Gasteiger partial charge in [0.2, 0.25) is 11.8 Å². The Morgan fingerprint density at radius 3 is 2.21 bits per heavy atom. The van der Waals surface area contributed by atoms with E-state index in [0.29, 0.717) is 19.3 Å². The summed E-state index contributed by atoms with van der Waals surface area (Å²) in [4.78, 5) is 28.1. The predicted molar refractivity (Wildman–Crippen MR) is 127 cm³/mol. The molecule has 0 spiro atoms. The van der Waals surface area contributed by atoms with Crippen molar-refractivity contribution in [1.82, 2.24) is 10.2 Å². The van der Waals surface area contributed by atoms with E-state index in [-0.39, 0.29) is 29.7 Å². The average Bonchev–Trinajstić information content (AvgIpc) is 2.83. The zero-order chi connectivity index (χ0) is 23.4. The van der Waals surface area contributed by atoms with E-state index in [0.717, 1.165) is 16.7 Å². The van der Waals surface area contributed by atoms with Crippen molar-refractivity contribution in [2.75, 3.05) is 0 Å². The fourth-order valence-electron chi connectivity index (χ4n) is 4.53. The Bertz CT molecular complexity index is 1100. The average molecular weight is 445 g/mol. The first-order valence-electron chi connectivity index (χ1n) is 11.4. The number of nitrogens with zero attached hydrogens (tertiary/aromatic N) is 1. The van der Waals surface area contributed by atoms with Crippen LogP contribution in [0.25, 0.3) is 0 Å². The highest BCUT2D eigenvalue weighted by Crippen LogP contribution is 2.42. The van der Waals surface area contributed by atoms with Gasteiger partial charge < -0.3 is 10.2 Å². The number of hydrogen-bond donors (Lipinski definition) is 1. The second-order valence-corrected chi connectivity index (χ2v) is 8.79. The summed E-state index contributed by atoms with van der Waals surface area (Å²) >= 11 is 0. The molecular weight excluding hydrogens is 415 g/mol. The van der Waals surface area contributed by atoms with Crippen LogP contribution in [0.15, 0.2) is 84.9 Å². The molecule has 4 nitrogen and oxygen atoms in total. The Labute approximate surface area is 194 Å². The minimum atomic E-state index is -1.02. The van der Waals surface area contributed by atoms with E-state index in [4.69, 9.17) is 0 Å². The number of nitrogens with one attached hydrogen (secondary N) is 1. The molecule has 2 amide bonds. The van der Waals surface area contributed by atoms with Gasteiger partial charge in [-0.25, -0.2) is 4.39 Å². The number of carbonyl (C=O) groups is 2. The van der Waals surface area contributed by atoms with E-state index >= 15 is 0 Å². The van der Waals surface area contributed by atoms with E-state index in [9.17, 15) is 14.0 Å². The lowest BCUT2D eigenvalue weighted by Gasteiger charge is -2.51. The smallest absolute Gasteiger partial charge is 0.246 e. The van der Waals surface area contributed by atoms with E-state index in [2.05, 4.69) is 5.32 Å². The molecule has 3 aromatic carbocycles.